The van der Waals surface area contributed by atoms with Crippen molar-refractivity contribution in [1.82, 2.24) is 0 Å². The molecule has 0 aliphatic carbocycles. The SMILES string of the molecule is c1ccc(-c2ccccc2N(c2ccc3ccc4c(N(c5ccccc5-c5ccccc5)c5cccc6c5sc5ccccc56)ccc5ccc2c3c54)c2cccc3c2sc2ccccc23)cc1.c1ccc2c(N(c3ccc4ccc5c(N(c6cccc7ccccc67)c6cccc7c6sc6ccccc67)ccc6ccc3c4c65)c3cccc4c3sc3ccccc34)cccc2c1. The Bertz CT molecular complexity index is 8940. The molecule has 0 radical (unpaired) electrons. The van der Waals surface area contributed by atoms with Gasteiger partial charge in [0.1, 0.15) is 0 Å². The first kappa shape index (κ1) is 76.0. The molecule has 4 aromatic heterocycles. The Labute approximate surface area is 777 Å². The molecule has 0 fully saturated rings. The van der Waals surface area contributed by atoms with Crippen LogP contribution in [0.1, 0.15) is 0 Å². The van der Waals surface area contributed by atoms with Crippen LogP contribution in [-0.4, -0.2) is 0 Å². The van der Waals surface area contributed by atoms with Crippen molar-refractivity contribution in [2.45, 2.75) is 0 Å². The van der Waals surface area contributed by atoms with Crippen molar-refractivity contribution >= 4 is 280 Å². The van der Waals surface area contributed by atoms with E-state index in [0.717, 1.165) is 45.5 Å². The van der Waals surface area contributed by atoms with Crippen molar-refractivity contribution in [2.24, 2.45) is 0 Å². The third-order valence-electron chi connectivity index (χ3n) is 27.2. The number of nitrogens with zero attached hydrogens (tertiary/aromatic N) is 4. The van der Waals surface area contributed by atoms with Gasteiger partial charge < -0.3 is 19.6 Å². The monoisotopic (exact) mass is 1750 g/mol. The van der Waals surface area contributed by atoms with Crippen molar-refractivity contribution in [3.05, 3.63) is 461 Å². The zero-order valence-corrected chi connectivity index (χ0v) is 74.6. The van der Waals surface area contributed by atoms with Crippen LogP contribution in [-0.2, 0) is 0 Å². The number of fused-ring (bicyclic) bond motifs is 14. The van der Waals surface area contributed by atoms with Crippen LogP contribution in [0.4, 0.5) is 68.2 Å². The zero-order chi connectivity index (χ0) is 86.6. The Kier molecular flexibility index (Phi) is 17.8. The second-order valence-electron chi connectivity index (χ2n) is 34.3. The van der Waals surface area contributed by atoms with E-state index < -0.39 is 0 Å². The Morgan fingerprint density at radius 1 is 0.121 bits per heavy atom. The quantitative estimate of drug-likeness (QED) is 0.101. The Morgan fingerprint density at radius 2 is 0.333 bits per heavy atom. The van der Waals surface area contributed by atoms with Crippen molar-refractivity contribution in [1.29, 1.82) is 0 Å². The average molecular weight is 1750 g/mol. The number of rotatable bonds is 14. The van der Waals surface area contributed by atoms with Gasteiger partial charge in [-0.25, -0.2) is 0 Å². The summed E-state index contributed by atoms with van der Waals surface area (Å²) >= 11 is 7.52. The summed E-state index contributed by atoms with van der Waals surface area (Å²) in [5, 5.41) is 30.0. The summed E-state index contributed by atoms with van der Waals surface area (Å²) in [6, 6.07) is 171. The number of hydrogen-bond donors (Lipinski definition) is 0. The van der Waals surface area contributed by atoms with E-state index in [9.17, 15) is 0 Å². The van der Waals surface area contributed by atoms with Crippen LogP contribution in [0.5, 0.6) is 0 Å². The summed E-state index contributed by atoms with van der Waals surface area (Å²) in [7, 11) is 0. The lowest BCUT2D eigenvalue weighted by atomic mass is 9.91. The van der Waals surface area contributed by atoms with Gasteiger partial charge in [0.05, 0.1) is 87.0 Å². The van der Waals surface area contributed by atoms with Gasteiger partial charge in [0.25, 0.3) is 0 Å². The van der Waals surface area contributed by atoms with Gasteiger partial charge in [0, 0.05) is 105 Å². The molecule has 4 heterocycles. The second-order valence-corrected chi connectivity index (χ2v) is 38.5. The predicted octanol–water partition coefficient (Wildman–Crippen LogP) is 38.2. The lowest BCUT2D eigenvalue weighted by Gasteiger charge is -2.31. The minimum absolute atomic E-state index is 1.14. The van der Waals surface area contributed by atoms with Crippen LogP contribution in [0.3, 0.4) is 0 Å². The molecule has 0 bridgehead atoms. The molecule has 28 rings (SSSR count). The minimum atomic E-state index is 1.14. The Morgan fingerprint density at radius 3 is 0.652 bits per heavy atom. The highest BCUT2D eigenvalue weighted by molar-refractivity contribution is 7.27. The van der Waals surface area contributed by atoms with Gasteiger partial charge in [-0.1, -0.05) is 364 Å². The molecule has 616 valence electrons. The lowest BCUT2D eigenvalue weighted by Crippen LogP contribution is -2.13. The van der Waals surface area contributed by atoms with Gasteiger partial charge in [-0.05, 0) is 162 Å². The molecule has 0 spiro atoms. The molecule has 132 heavy (non-hydrogen) atoms. The summed E-state index contributed by atoms with van der Waals surface area (Å²) in [5.74, 6) is 0. The first-order valence-corrected chi connectivity index (χ1v) is 48.3. The highest BCUT2D eigenvalue weighted by Gasteiger charge is 2.31. The normalized spacial score (nSPS) is 11.9. The van der Waals surface area contributed by atoms with Crippen LogP contribution in [0.2, 0.25) is 0 Å². The van der Waals surface area contributed by atoms with E-state index in [1.165, 1.54) is 212 Å². The van der Waals surface area contributed by atoms with Gasteiger partial charge in [0.2, 0.25) is 0 Å². The van der Waals surface area contributed by atoms with E-state index in [1.807, 2.05) is 45.3 Å². The summed E-state index contributed by atoms with van der Waals surface area (Å²) in [6.45, 7) is 0. The fraction of sp³-hybridized carbons (Fsp3) is 0. The number of anilines is 12. The number of para-hydroxylation sites is 2. The number of thiophene rings is 4. The highest BCUT2D eigenvalue weighted by Crippen LogP contribution is 2.58. The first-order chi connectivity index (χ1) is 65.5. The van der Waals surface area contributed by atoms with E-state index in [4.69, 9.17) is 0 Å². The van der Waals surface area contributed by atoms with E-state index in [1.54, 1.807) is 0 Å². The smallest absolute Gasteiger partial charge is 0.0640 e. The molecule has 0 N–H and O–H groups in total. The van der Waals surface area contributed by atoms with Gasteiger partial charge >= 0.3 is 0 Å². The maximum absolute atomic E-state index is 2.54. The van der Waals surface area contributed by atoms with Gasteiger partial charge in [0.15, 0.2) is 0 Å². The van der Waals surface area contributed by atoms with E-state index in [2.05, 4.69) is 481 Å². The molecule has 0 saturated carbocycles. The van der Waals surface area contributed by atoms with Crippen LogP contribution >= 0.6 is 45.3 Å². The molecule has 4 nitrogen and oxygen atoms in total. The fourth-order valence-electron chi connectivity index (χ4n) is 21.4. The molecular formula is C124H76N4S4. The average Bonchev–Trinajstić information content (AvgIpc) is 0.895. The largest absolute Gasteiger partial charge is 0.308 e. The third-order valence-corrected chi connectivity index (χ3v) is 32.0. The maximum Gasteiger partial charge on any atom is 0.0640 e. The standard InChI is InChI=1S/C64H40N2S2.C60H36N2S2/c1-3-17-41(18-4-1)45-21-7-11-27-53(45)65(57-29-15-25-49-47-23-9-13-31-59(47)67-63(49)57)55-39-35-43-34-38-52-56(40-36-44-33-37-51(55)61(43)62(44)52)66(54-28-12-8-22-46(54)42-19-5-2-6-20-42)58-30-16-26-50-48-24-10-14-32-60(48)68-64(50)58;1-3-17-41-37(13-1)15-9-23-49(41)61(53-25-11-21-45-43-19-5-7-27-55(43)63-59(45)53)51-35-31-39-30-34-48-52(36-32-40-29-33-47(51)57(39)58(40)48)62(50-24-10-16-38-14-2-4-18-42(38)50)54-26-12-22-46-44-20-6-8-28-56(44)64-60(46)54/h1-40H;1-36H. The highest BCUT2D eigenvalue weighted by atomic mass is 32.1. The zero-order valence-electron chi connectivity index (χ0n) is 71.3. The maximum atomic E-state index is 2.54. The van der Waals surface area contributed by atoms with E-state index in [-0.39, 0.29) is 0 Å². The van der Waals surface area contributed by atoms with Crippen LogP contribution in [0.25, 0.3) is 189 Å². The summed E-state index contributed by atoms with van der Waals surface area (Å²) < 4.78 is 10.3. The summed E-state index contributed by atoms with van der Waals surface area (Å²) in [5.41, 5.74) is 18.7. The molecule has 0 aliphatic heterocycles. The van der Waals surface area contributed by atoms with Crippen LogP contribution in [0.15, 0.2) is 461 Å². The Balaban J connectivity index is 0.000000135. The molecule has 0 unspecified atom stereocenters. The summed E-state index contributed by atoms with van der Waals surface area (Å²) in [4.78, 5) is 10.2. The van der Waals surface area contributed by atoms with Gasteiger partial charge in [-0.3, -0.25) is 0 Å². The molecule has 0 atom stereocenters. The van der Waals surface area contributed by atoms with Crippen LogP contribution < -0.4 is 19.6 Å². The molecule has 8 heteroatoms. The second kappa shape index (κ2) is 30.9. The van der Waals surface area contributed by atoms with E-state index >= 15 is 0 Å². The van der Waals surface area contributed by atoms with Gasteiger partial charge in [-0.15, -0.1) is 45.3 Å². The predicted molar refractivity (Wildman–Crippen MR) is 576 cm³/mol. The molecule has 0 saturated heterocycles. The fourth-order valence-corrected chi connectivity index (χ4v) is 26.2. The first-order valence-electron chi connectivity index (χ1n) is 45.0. The Hall–Kier alpha value is -16.0. The van der Waals surface area contributed by atoms with Crippen molar-refractivity contribution in [3.63, 3.8) is 0 Å². The van der Waals surface area contributed by atoms with Crippen molar-refractivity contribution in [3.8, 4) is 22.3 Å². The molecule has 24 aromatic carbocycles. The number of hydrogen-bond acceptors (Lipinski definition) is 8. The van der Waals surface area contributed by atoms with Gasteiger partial charge in [-0.2, -0.15) is 0 Å². The molecule has 0 aliphatic rings. The lowest BCUT2D eigenvalue weighted by molar-refractivity contribution is 1.32. The molecule has 28 aromatic rings. The minimum Gasteiger partial charge on any atom is -0.308 e. The van der Waals surface area contributed by atoms with E-state index in [0.29, 0.717) is 0 Å². The van der Waals surface area contributed by atoms with Crippen LogP contribution in [0, 0.1) is 0 Å². The van der Waals surface area contributed by atoms with Crippen molar-refractivity contribution in [2.75, 3.05) is 19.6 Å². The number of benzene rings is 24. The topological polar surface area (TPSA) is 13.0 Å². The summed E-state index contributed by atoms with van der Waals surface area (Å²) in [6.07, 6.45) is 0. The molecular weight excluding hydrogens is 1670 g/mol. The molecule has 0 amide bonds. The van der Waals surface area contributed by atoms with Crippen molar-refractivity contribution < 1.29 is 0 Å². The third kappa shape index (κ3) is 12.0.